The summed E-state index contributed by atoms with van der Waals surface area (Å²) in [5.41, 5.74) is -1.98. The zero-order chi connectivity index (χ0) is 16.2. The molecule has 2 rings (SSSR count). The molecule has 5 nitrogen and oxygen atoms in total. The maximum Gasteiger partial charge on any atom is 0.272 e. The van der Waals surface area contributed by atoms with E-state index in [4.69, 9.17) is 20.9 Å². The van der Waals surface area contributed by atoms with E-state index in [0.29, 0.717) is 24.3 Å². The fourth-order valence-electron chi connectivity index (χ4n) is 1.83. The third-order valence-corrected chi connectivity index (χ3v) is 7.49. The topological polar surface area (TPSA) is 55.8 Å². The molecule has 0 N–H and O–H groups in total. The van der Waals surface area contributed by atoms with Crippen LogP contribution in [0.3, 0.4) is 0 Å². The van der Waals surface area contributed by atoms with E-state index < -0.39 is 5.69 Å². The molecule has 0 aromatic heterocycles. The van der Waals surface area contributed by atoms with E-state index in [1.807, 2.05) is 13.8 Å². The van der Waals surface area contributed by atoms with Crippen molar-refractivity contribution >= 4 is 40.9 Å². The van der Waals surface area contributed by atoms with Crippen LogP contribution in [0.1, 0.15) is 47.4 Å². The van der Waals surface area contributed by atoms with Gasteiger partial charge in [0.1, 0.15) is 0 Å². The Kier molecular flexibility index (Phi) is 6.17. The van der Waals surface area contributed by atoms with Crippen molar-refractivity contribution in [3.05, 3.63) is 35.4 Å². The monoisotopic (exact) mass is 359 g/mol. The molecule has 0 spiro atoms. The number of nitrogens with zero attached hydrogens (tertiary/aromatic N) is 1. The number of amides is 2. The lowest BCUT2D eigenvalue weighted by Gasteiger charge is -2.24. The number of imide groups is 1. The van der Waals surface area contributed by atoms with Gasteiger partial charge in [-0.3, -0.25) is 9.59 Å². The molecule has 22 heavy (non-hydrogen) atoms. The highest BCUT2D eigenvalue weighted by molar-refractivity contribution is 8.67. The maximum atomic E-state index is 12.4. The van der Waals surface area contributed by atoms with Gasteiger partial charge in [-0.2, -0.15) is 0 Å². The van der Waals surface area contributed by atoms with Gasteiger partial charge in [0, 0.05) is 0 Å². The first-order chi connectivity index (χ1) is 10.5. The Morgan fingerprint density at radius 1 is 1.05 bits per heavy atom. The lowest BCUT2D eigenvalue weighted by molar-refractivity contribution is 0.0777. The second-order valence-corrected chi connectivity index (χ2v) is 10.7. The van der Waals surface area contributed by atoms with Gasteiger partial charge >= 0.3 is 0 Å². The molecule has 1 heterocycles. The summed E-state index contributed by atoms with van der Waals surface area (Å²) in [6.45, 7) is 4.81. The van der Waals surface area contributed by atoms with Gasteiger partial charge in [0.05, 0.1) is 35.9 Å². The predicted octanol–water partition coefficient (Wildman–Crippen LogP) is 4.01. The Hall–Kier alpha value is -0.720. The Bertz CT molecular complexity index is 576. The first kappa shape index (κ1) is 17.6. The third-order valence-electron chi connectivity index (χ3n) is 2.85. The van der Waals surface area contributed by atoms with E-state index in [9.17, 15) is 9.59 Å². The predicted molar refractivity (Wildman–Crippen MR) is 91.3 cm³/mol. The van der Waals surface area contributed by atoms with Crippen molar-refractivity contribution in [2.24, 2.45) is 0 Å². The van der Waals surface area contributed by atoms with Crippen molar-refractivity contribution in [3.8, 4) is 0 Å². The van der Waals surface area contributed by atoms with Crippen LogP contribution in [-0.4, -0.2) is 29.3 Å². The van der Waals surface area contributed by atoms with Crippen molar-refractivity contribution < 1.29 is 18.6 Å². The van der Waals surface area contributed by atoms with Crippen LogP contribution in [0.2, 0.25) is 0 Å². The number of fused-ring (bicyclic) bond motifs is 1. The number of hydrogen-bond donors (Lipinski definition) is 0. The second-order valence-electron chi connectivity index (χ2n) is 4.65. The molecule has 0 saturated carbocycles. The lowest BCUT2D eigenvalue weighted by atomic mass is 10.1. The van der Waals surface area contributed by atoms with Gasteiger partial charge in [-0.25, -0.2) is 4.31 Å². The fourth-order valence-corrected chi connectivity index (χ4v) is 6.18. The van der Waals surface area contributed by atoms with Crippen LogP contribution >= 0.6 is 17.3 Å². The molecule has 1 aliphatic heterocycles. The number of hydrogen-bond acceptors (Lipinski definition) is 6. The number of carbonyl (C=O) groups is 2. The highest BCUT2D eigenvalue weighted by Crippen LogP contribution is 2.63. The van der Waals surface area contributed by atoms with Gasteiger partial charge in [0.2, 0.25) is 0 Å². The van der Waals surface area contributed by atoms with Crippen molar-refractivity contribution in [1.29, 1.82) is 0 Å². The molecule has 0 radical (unpaired) electrons. The summed E-state index contributed by atoms with van der Waals surface area (Å²) >= 11 is 6.39. The number of rotatable bonds is 8. The zero-order valence-corrected chi connectivity index (χ0v) is 15.0. The summed E-state index contributed by atoms with van der Waals surface area (Å²) in [6.07, 6.45) is 1.58. The van der Waals surface area contributed by atoms with E-state index in [1.165, 1.54) is 0 Å². The third kappa shape index (κ3) is 3.78. The van der Waals surface area contributed by atoms with Crippen molar-refractivity contribution in [2.75, 3.05) is 13.2 Å². The van der Waals surface area contributed by atoms with Crippen molar-refractivity contribution in [2.45, 2.75) is 26.7 Å². The summed E-state index contributed by atoms with van der Waals surface area (Å²) in [5, 5.41) is 0. The summed E-state index contributed by atoms with van der Waals surface area (Å²) in [6, 6.07) is 6.74. The molecule has 0 aliphatic carbocycles. The molecule has 0 atom stereocenters. The molecule has 0 unspecified atom stereocenters. The van der Waals surface area contributed by atoms with Crippen LogP contribution in [0, 0.1) is 0 Å². The molecule has 8 heteroatoms. The Morgan fingerprint density at radius 2 is 1.50 bits per heavy atom. The molecule has 1 aromatic carbocycles. The van der Waals surface area contributed by atoms with Gasteiger partial charge < -0.3 is 9.05 Å². The van der Waals surface area contributed by atoms with Gasteiger partial charge in [-0.05, 0) is 36.8 Å². The van der Waals surface area contributed by atoms with Gasteiger partial charge in [0.15, 0.2) is 0 Å². The summed E-state index contributed by atoms with van der Waals surface area (Å²) < 4.78 is 12.4. The Labute approximate surface area is 139 Å². The van der Waals surface area contributed by atoms with E-state index in [1.54, 1.807) is 24.3 Å². The molecule has 0 bridgehead atoms. The number of benzene rings is 1. The Morgan fingerprint density at radius 3 is 1.91 bits per heavy atom. The molecule has 2 amide bonds. The van der Waals surface area contributed by atoms with Gasteiger partial charge in [-0.15, -0.1) is 0 Å². The average molecular weight is 359 g/mol. The van der Waals surface area contributed by atoms with Crippen LogP contribution in [-0.2, 0) is 20.9 Å². The lowest BCUT2D eigenvalue weighted by Crippen LogP contribution is -2.22. The molecule has 1 aliphatic rings. The normalized spacial score (nSPS) is 14.5. The highest BCUT2D eigenvalue weighted by Gasteiger charge is 2.40. The van der Waals surface area contributed by atoms with E-state index in [2.05, 4.69) is 0 Å². The second kappa shape index (κ2) is 7.70. The van der Waals surface area contributed by atoms with Gasteiger partial charge in [-0.1, -0.05) is 26.0 Å². The maximum absolute atomic E-state index is 12.4. The summed E-state index contributed by atoms with van der Waals surface area (Å²) in [5.74, 6) is -0.722. The average Bonchev–Trinajstić information content (AvgIpc) is 2.77. The molecular weight excluding hydrogens is 341 g/mol. The molecule has 0 saturated heterocycles. The first-order valence-corrected chi connectivity index (χ1v) is 11.1. The fraction of sp³-hybridized carbons (Fsp3) is 0.429. The van der Waals surface area contributed by atoms with Crippen molar-refractivity contribution in [3.63, 3.8) is 0 Å². The quantitative estimate of drug-likeness (QED) is 0.397. The van der Waals surface area contributed by atoms with Crippen LogP contribution in [0.25, 0.3) is 0 Å². The smallest absolute Gasteiger partial charge is 0.272 e. The SMILES string of the molecule is CCCOP(=S)(OCCC)SN1C(=O)c2ccccc2C1=O. The molecular formula is C14H18NO4PS2. The molecule has 0 fully saturated rings. The van der Waals surface area contributed by atoms with Gasteiger partial charge in [0.25, 0.3) is 17.5 Å². The number of carbonyl (C=O) groups excluding carboxylic acids is 2. The summed E-state index contributed by atoms with van der Waals surface area (Å²) in [7, 11) is 0. The van der Waals surface area contributed by atoms with Crippen LogP contribution in [0.5, 0.6) is 0 Å². The van der Waals surface area contributed by atoms with Crippen LogP contribution in [0.15, 0.2) is 24.3 Å². The summed E-state index contributed by atoms with van der Waals surface area (Å²) in [4.78, 5) is 24.8. The van der Waals surface area contributed by atoms with Crippen LogP contribution < -0.4 is 0 Å². The minimum absolute atomic E-state index is 0.361. The van der Waals surface area contributed by atoms with E-state index in [0.717, 1.165) is 28.7 Å². The minimum Gasteiger partial charge on any atom is -0.321 e. The molecule has 1 aromatic rings. The standard InChI is InChI=1S/C14H18NO4PS2/c1-3-9-18-20(21,19-10-4-2)22-15-13(16)11-7-5-6-8-12(11)14(15)17/h5-8H,3-4,9-10H2,1-2H3. The Balaban J connectivity index is 2.19. The zero-order valence-electron chi connectivity index (χ0n) is 12.5. The minimum atomic E-state index is -2.77. The molecule has 120 valence electrons. The van der Waals surface area contributed by atoms with Crippen LogP contribution in [0.4, 0.5) is 0 Å². The largest absolute Gasteiger partial charge is 0.321 e. The van der Waals surface area contributed by atoms with E-state index in [-0.39, 0.29) is 11.8 Å². The highest BCUT2D eigenvalue weighted by atomic mass is 32.9. The van der Waals surface area contributed by atoms with E-state index >= 15 is 0 Å². The first-order valence-electron chi connectivity index (χ1n) is 7.09. The van der Waals surface area contributed by atoms with Crippen molar-refractivity contribution in [1.82, 2.24) is 4.31 Å².